The SMILES string of the molecule is CCNC(c1c(F)cccc1OC)C1CCC1. The van der Waals surface area contributed by atoms with Crippen molar-refractivity contribution in [1.82, 2.24) is 5.32 Å². The van der Waals surface area contributed by atoms with E-state index in [1.807, 2.05) is 6.07 Å². The fraction of sp³-hybridized carbons (Fsp3) is 0.571. The van der Waals surface area contributed by atoms with Crippen LogP contribution in [0, 0.1) is 11.7 Å². The van der Waals surface area contributed by atoms with Crippen LogP contribution in [0.5, 0.6) is 5.75 Å². The molecule has 2 nitrogen and oxygen atoms in total. The molecule has 94 valence electrons. The minimum absolute atomic E-state index is 0.0879. The monoisotopic (exact) mass is 237 g/mol. The number of halogens is 1. The second-order valence-corrected chi connectivity index (χ2v) is 4.58. The molecule has 0 aromatic heterocycles. The molecule has 1 saturated carbocycles. The summed E-state index contributed by atoms with van der Waals surface area (Å²) < 4.78 is 19.3. The molecular formula is C14H20FNO. The van der Waals surface area contributed by atoms with Crippen LogP contribution in [-0.4, -0.2) is 13.7 Å². The summed E-state index contributed by atoms with van der Waals surface area (Å²) in [6, 6.07) is 5.13. The van der Waals surface area contributed by atoms with Gasteiger partial charge < -0.3 is 10.1 Å². The molecule has 1 aliphatic carbocycles. The van der Waals surface area contributed by atoms with E-state index in [0.717, 1.165) is 6.54 Å². The van der Waals surface area contributed by atoms with Gasteiger partial charge in [0, 0.05) is 11.6 Å². The first kappa shape index (κ1) is 12.4. The van der Waals surface area contributed by atoms with Crippen molar-refractivity contribution >= 4 is 0 Å². The lowest BCUT2D eigenvalue weighted by Crippen LogP contribution is -2.33. The standard InChI is InChI=1S/C14H20FNO/c1-3-16-14(10-6-4-7-10)13-11(15)8-5-9-12(13)17-2/h5,8-10,14,16H,3-4,6-7H2,1-2H3. The van der Waals surface area contributed by atoms with Crippen molar-refractivity contribution < 1.29 is 9.13 Å². The maximum atomic E-state index is 14.0. The minimum atomic E-state index is -0.165. The maximum Gasteiger partial charge on any atom is 0.131 e. The van der Waals surface area contributed by atoms with E-state index < -0.39 is 0 Å². The molecule has 1 aromatic rings. The number of methoxy groups -OCH3 is 1. The van der Waals surface area contributed by atoms with Gasteiger partial charge in [0.25, 0.3) is 0 Å². The van der Waals surface area contributed by atoms with Crippen LogP contribution in [-0.2, 0) is 0 Å². The average molecular weight is 237 g/mol. The summed E-state index contributed by atoms with van der Waals surface area (Å²) in [5.41, 5.74) is 0.696. The van der Waals surface area contributed by atoms with E-state index in [1.54, 1.807) is 13.2 Å². The van der Waals surface area contributed by atoms with E-state index >= 15 is 0 Å². The van der Waals surface area contributed by atoms with Crippen LogP contribution in [0.4, 0.5) is 4.39 Å². The summed E-state index contributed by atoms with van der Waals surface area (Å²) in [4.78, 5) is 0. The first-order valence-corrected chi connectivity index (χ1v) is 6.33. The van der Waals surface area contributed by atoms with Gasteiger partial charge in [-0.05, 0) is 37.4 Å². The average Bonchev–Trinajstić information content (AvgIpc) is 2.26. The third-order valence-electron chi connectivity index (χ3n) is 3.59. The van der Waals surface area contributed by atoms with Gasteiger partial charge >= 0.3 is 0 Å². The maximum absolute atomic E-state index is 14.0. The molecule has 1 fully saturated rings. The predicted molar refractivity (Wildman–Crippen MR) is 66.7 cm³/mol. The molecule has 0 radical (unpaired) electrons. The number of hydrogen-bond acceptors (Lipinski definition) is 2. The summed E-state index contributed by atoms with van der Waals surface area (Å²) in [5, 5.41) is 3.40. The fourth-order valence-electron chi connectivity index (χ4n) is 2.49. The van der Waals surface area contributed by atoms with Gasteiger partial charge in [-0.2, -0.15) is 0 Å². The van der Waals surface area contributed by atoms with Crippen LogP contribution in [0.25, 0.3) is 0 Å². The third kappa shape index (κ3) is 2.44. The van der Waals surface area contributed by atoms with Crippen molar-refractivity contribution in [2.24, 2.45) is 5.92 Å². The number of nitrogens with one attached hydrogen (secondary N) is 1. The highest BCUT2D eigenvalue weighted by atomic mass is 19.1. The molecular weight excluding hydrogens is 217 g/mol. The molecule has 1 aliphatic rings. The highest BCUT2D eigenvalue weighted by molar-refractivity contribution is 5.37. The molecule has 0 saturated heterocycles. The Morgan fingerprint density at radius 3 is 2.76 bits per heavy atom. The largest absolute Gasteiger partial charge is 0.496 e. The Hall–Kier alpha value is -1.09. The van der Waals surface area contributed by atoms with Crippen LogP contribution in [0.1, 0.15) is 37.8 Å². The molecule has 3 heteroatoms. The zero-order chi connectivity index (χ0) is 12.3. The third-order valence-corrected chi connectivity index (χ3v) is 3.59. The van der Waals surface area contributed by atoms with Gasteiger partial charge in [-0.25, -0.2) is 4.39 Å². The van der Waals surface area contributed by atoms with E-state index in [9.17, 15) is 4.39 Å². The summed E-state index contributed by atoms with van der Waals surface area (Å²) in [5.74, 6) is 1.03. The van der Waals surface area contributed by atoms with E-state index in [0.29, 0.717) is 17.2 Å². The normalized spacial score (nSPS) is 17.6. The fourth-order valence-corrected chi connectivity index (χ4v) is 2.49. The Morgan fingerprint density at radius 2 is 2.24 bits per heavy atom. The first-order chi connectivity index (χ1) is 8.27. The smallest absolute Gasteiger partial charge is 0.131 e. The molecule has 0 heterocycles. The molecule has 2 rings (SSSR count). The van der Waals surface area contributed by atoms with Crippen molar-refractivity contribution in [3.63, 3.8) is 0 Å². The molecule has 1 aromatic carbocycles. The molecule has 0 bridgehead atoms. The molecule has 0 aliphatic heterocycles. The quantitative estimate of drug-likeness (QED) is 0.848. The molecule has 0 spiro atoms. The molecule has 1 N–H and O–H groups in total. The van der Waals surface area contributed by atoms with Crippen LogP contribution in [0.2, 0.25) is 0 Å². The van der Waals surface area contributed by atoms with Gasteiger partial charge in [0.05, 0.1) is 7.11 Å². The zero-order valence-corrected chi connectivity index (χ0v) is 10.5. The number of ether oxygens (including phenoxy) is 1. The number of hydrogen-bond donors (Lipinski definition) is 1. The van der Waals surface area contributed by atoms with Crippen molar-refractivity contribution in [3.8, 4) is 5.75 Å². The zero-order valence-electron chi connectivity index (χ0n) is 10.5. The van der Waals surface area contributed by atoms with Crippen molar-refractivity contribution in [3.05, 3.63) is 29.6 Å². The Kier molecular flexibility index (Phi) is 4.00. The summed E-state index contributed by atoms with van der Waals surface area (Å²) >= 11 is 0. The lowest BCUT2D eigenvalue weighted by atomic mass is 9.77. The van der Waals surface area contributed by atoms with Crippen molar-refractivity contribution in [2.75, 3.05) is 13.7 Å². The van der Waals surface area contributed by atoms with E-state index in [-0.39, 0.29) is 11.9 Å². The summed E-state index contributed by atoms with van der Waals surface area (Å²) in [6.07, 6.45) is 3.60. The number of rotatable bonds is 5. The lowest BCUT2D eigenvalue weighted by molar-refractivity contribution is 0.224. The summed E-state index contributed by atoms with van der Waals surface area (Å²) in [6.45, 7) is 2.90. The van der Waals surface area contributed by atoms with Gasteiger partial charge in [0.2, 0.25) is 0 Å². The Morgan fingerprint density at radius 1 is 1.47 bits per heavy atom. The van der Waals surface area contributed by atoms with E-state index in [1.165, 1.54) is 25.3 Å². The predicted octanol–water partition coefficient (Wildman–Crippen LogP) is 3.29. The van der Waals surface area contributed by atoms with Gasteiger partial charge in [-0.3, -0.25) is 0 Å². The highest BCUT2D eigenvalue weighted by Crippen LogP contribution is 2.41. The lowest BCUT2D eigenvalue weighted by Gasteiger charge is -2.35. The van der Waals surface area contributed by atoms with Crippen LogP contribution >= 0.6 is 0 Å². The Bertz CT molecular complexity index is 376. The topological polar surface area (TPSA) is 21.3 Å². The van der Waals surface area contributed by atoms with Crippen molar-refractivity contribution in [2.45, 2.75) is 32.2 Å². The highest BCUT2D eigenvalue weighted by Gasteiger charge is 2.31. The van der Waals surface area contributed by atoms with E-state index in [4.69, 9.17) is 4.74 Å². The van der Waals surface area contributed by atoms with Gasteiger partial charge in [-0.1, -0.05) is 19.4 Å². The molecule has 17 heavy (non-hydrogen) atoms. The second kappa shape index (κ2) is 5.50. The molecule has 1 atom stereocenters. The number of benzene rings is 1. The van der Waals surface area contributed by atoms with Crippen LogP contribution in [0.15, 0.2) is 18.2 Å². The minimum Gasteiger partial charge on any atom is -0.496 e. The second-order valence-electron chi connectivity index (χ2n) is 4.58. The Labute approximate surface area is 102 Å². The van der Waals surface area contributed by atoms with Crippen LogP contribution in [0.3, 0.4) is 0 Å². The van der Waals surface area contributed by atoms with Gasteiger partial charge in [0.15, 0.2) is 0 Å². The van der Waals surface area contributed by atoms with Crippen molar-refractivity contribution in [1.29, 1.82) is 0 Å². The van der Waals surface area contributed by atoms with E-state index in [2.05, 4.69) is 12.2 Å². The molecule has 0 amide bonds. The van der Waals surface area contributed by atoms with Gasteiger partial charge in [-0.15, -0.1) is 0 Å². The molecule has 1 unspecified atom stereocenters. The Balaban J connectivity index is 2.33. The van der Waals surface area contributed by atoms with Gasteiger partial charge in [0.1, 0.15) is 11.6 Å². The summed E-state index contributed by atoms with van der Waals surface area (Å²) in [7, 11) is 1.60. The van der Waals surface area contributed by atoms with Crippen LogP contribution < -0.4 is 10.1 Å². The first-order valence-electron chi connectivity index (χ1n) is 6.33.